The molecular weight excluding hydrogens is 254 g/mol. The molecule has 110 valence electrons. The van der Waals surface area contributed by atoms with Crippen molar-refractivity contribution in [1.29, 1.82) is 0 Å². The van der Waals surface area contributed by atoms with Crippen LogP contribution in [0.2, 0.25) is 0 Å². The molecule has 0 bridgehead atoms. The topological polar surface area (TPSA) is 71.6 Å². The number of rotatable bonds is 5. The Bertz CT molecular complexity index is 474. The fraction of sp³-hybridized carbons (Fsp3) is 0.667. The van der Waals surface area contributed by atoms with Gasteiger partial charge in [-0.1, -0.05) is 0 Å². The van der Waals surface area contributed by atoms with Gasteiger partial charge in [-0.2, -0.15) is 4.98 Å². The average Bonchev–Trinajstić information content (AvgIpc) is 3.12. The largest absolute Gasteiger partial charge is 0.476 e. The van der Waals surface area contributed by atoms with E-state index < -0.39 is 0 Å². The maximum absolute atomic E-state index is 9.68. The Labute approximate surface area is 119 Å². The van der Waals surface area contributed by atoms with E-state index >= 15 is 0 Å². The highest BCUT2D eigenvalue weighted by atomic mass is 16.5. The first kappa shape index (κ1) is 13.5. The maximum Gasteiger partial charge on any atom is 0.239 e. The molecule has 1 saturated carbocycles. The second kappa shape index (κ2) is 5.48. The third-order valence-corrected chi connectivity index (χ3v) is 4.26. The molecule has 0 amide bonds. The number of hydrogen-bond acceptors (Lipinski definition) is 5. The number of aromatic nitrogens is 1. The summed E-state index contributed by atoms with van der Waals surface area (Å²) in [5, 5.41) is 9.68. The molecule has 3 rings (SSSR count). The van der Waals surface area contributed by atoms with Crippen LogP contribution in [0.5, 0.6) is 5.88 Å². The summed E-state index contributed by atoms with van der Waals surface area (Å²) in [4.78, 5) is 6.74. The second-order valence-corrected chi connectivity index (χ2v) is 6.05. The Balaban J connectivity index is 1.68. The van der Waals surface area contributed by atoms with E-state index in [1.807, 2.05) is 19.1 Å². The molecule has 5 nitrogen and oxygen atoms in total. The number of anilines is 2. The van der Waals surface area contributed by atoms with Crippen LogP contribution in [0.4, 0.5) is 11.5 Å². The van der Waals surface area contributed by atoms with E-state index in [-0.39, 0.29) is 6.10 Å². The predicted molar refractivity (Wildman–Crippen MR) is 78.9 cm³/mol. The highest BCUT2D eigenvalue weighted by Crippen LogP contribution is 2.32. The normalized spacial score (nSPS) is 23.9. The Morgan fingerprint density at radius 1 is 1.45 bits per heavy atom. The van der Waals surface area contributed by atoms with Gasteiger partial charge in [-0.3, -0.25) is 0 Å². The number of nitrogens with zero attached hydrogens (tertiary/aromatic N) is 2. The van der Waals surface area contributed by atoms with E-state index in [0.29, 0.717) is 23.4 Å². The second-order valence-electron chi connectivity index (χ2n) is 6.05. The van der Waals surface area contributed by atoms with E-state index in [2.05, 4.69) is 9.88 Å². The van der Waals surface area contributed by atoms with Gasteiger partial charge in [0.05, 0.1) is 18.4 Å². The van der Waals surface area contributed by atoms with Crippen LogP contribution in [0.1, 0.15) is 26.2 Å². The smallest absolute Gasteiger partial charge is 0.239 e. The average molecular weight is 277 g/mol. The Kier molecular flexibility index (Phi) is 3.70. The summed E-state index contributed by atoms with van der Waals surface area (Å²) >= 11 is 0. The van der Waals surface area contributed by atoms with Crippen LogP contribution < -0.4 is 15.4 Å². The molecule has 2 fully saturated rings. The van der Waals surface area contributed by atoms with Crippen molar-refractivity contribution < 1.29 is 9.84 Å². The summed E-state index contributed by atoms with van der Waals surface area (Å²) in [6.45, 7) is 4.34. The minimum absolute atomic E-state index is 0.264. The fourth-order valence-corrected chi connectivity index (χ4v) is 2.60. The number of hydrogen-bond donors (Lipinski definition) is 2. The summed E-state index contributed by atoms with van der Waals surface area (Å²) in [5.41, 5.74) is 6.52. The molecule has 20 heavy (non-hydrogen) atoms. The lowest BCUT2D eigenvalue weighted by Gasteiger charge is -2.19. The van der Waals surface area contributed by atoms with Crippen LogP contribution in [0.15, 0.2) is 12.1 Å². The molecule has 2 unspecified atom stereocenters. The Morgan fingerprint density at radius 3 is 2.90 bits per heavy atom. The molecule has 1 aromatic rings. The number of aliphatic hydroxyl groups is 1. The molecule has 0 spiro atoms. The lowest BCUT2D eigenvalue weighted by molar-refractivity contribution is 0.136. The van der Waals surface area contributed by atoms with Gasteiger partial charge in [0.25, 0.3) is 0 Å². The van der Waals surface area contributed by atoms with Gasteiger partial charge < -0.3 is 20.5 Å². The SMILES string of the molecule is CC(O)C1CCN(c2ccc(N)c(OCC3CC3)n2)C1. The zero-order valence-corrected chi connectivity index (χ0v) is 12.0. The Morgan fingerprint density at radius 2 is 2.25 bits per heavy atom. The summed E-state index contributed by atoms with van der Waals surface area (Å²) < 4.78 is 5.72. The summed E-state index contributed by atoms with van der Waals surface area (Å²) in [7, 11) is 0. The van der Waals surface area contributed by atoms with Gasteiger partial charge in [0.2, 0.25) is 5.88 Å². The molecule has 1 aromatic heterocycles. The van der Waals surface area contributed by atoms with E-state index in [9.17, 15) is 5.11 Å². The lowest BCUT2D eigenvalue weighted by atomic mass is 10.0. The first-order valence-electron chi connectivity index (χ1n) is 7.46. The lowest BCUT2D eigenvalue weighted by Crippen LogP contribution is -2.24. The number of ether oxygens (including phenoxy) is 1. The summed E-state index contributed by atoms with van der Waals surface area (Å²) in [5.74, 6) is 2.46. The minimum atomic E-state index is -0.264. The van der Waals surface area contributed by atoms with Gasteiger partial charge in [0.1, 0.15) is 5.82 Å². The van der Waals surface area contributed by atoms with E-state index in [0.717, 1.165) is 31.9 Å². The molecule has 2 atom stereocenters. The first-order chi connectivity index (χ1) is 9.63. The van der Waals surface area contributed by atoms with Gasteiger partial charge in [-0.15, -0.1) is 0 Å². The van der Waals surface area contributed by atoms with Crippen molar-refractivity contribution in [2.45, 2.75) is 32.3 Å². The standard InChI is InChI=1S/C15H23N3O2/c1-10(19)12-6-7-18(8-12)14-5-4-13(16)15(17-14)20-9-11-2-3-11/h4-5,10-12,19H,2-3,6-9,16H2,1H3. The highest BCUT2D eigenvalue weighted by Gasteiger charge is 2.27. The molecule has 5 heteroatoms. The maximum atomic E-state index is 9.68. The molecule has 1 aliphatic carbocycles. The van der Waals surface area contributed by atoms with E-state index in [4.69, 9.17) is 10.5 Å². The predicted octanol–water partition coefficient (Wildman–Crippen LogP) is 1.66. The molecule has 0 radical (unpaired) electrons. The summed E-state index contributed by atoms with van der Waals surface area (Å²) in [6, 6.07) is 3.80. The van der Waals surface area contributed by atoms with Crippen molar-refractivity contribution in [1.82, 2.24) is 4.98 Å². The zero-order chi connectivity index (χ0) is 14.1. The van der Waals surface area contributed by atoms with Gasteiger partial charge >= 0.3 is 0 Å². The molecule has 1 saturated heterocycles. The number of nitrogens with two attached hydrogens (primary N) is 1. The van der Waals surface area contributed by atoms with Crippen molar-refractivity contribution in [3.8, 4) is 5.88 Å². The van der Waals surface area contributed by atoms with Crippen LogP contribution >= 0.6 is 0 Å². The van der Waals surface area contributed by atoms with Crippen LogP contribution in [-0.2, 0) is 0 Å². The molecule has 2 aliphatic rings. The molecule has 2 heterocycles. The van der Waals surface area contributed by atoms with Crippen molar-refractivity contribution in [2.24, 2.45) is 11.8 Å². The van der Waals surface area contributed by atoms with Gasteiger partial charge in [0, 0.05) is 19.0 Å². The molecule has 0 aromatic carbocycles. The van der Waals surface area contributed by atoms with Crippen LogP contribution in [-0.4, -0.2) is 35.9 Å². The van der Waals surface area contributed by atoms with Crippen molar-refractivity contribution in [3.63, 3.8) is 0 Å². The monoisotopic (exact) mass is 277 g/mol. The quantitative estimate of drug-likeness (QED) is 0.856. The third-order valence-electron chi connectivity index (χ3n) is 4.26. The van der Waals surface area contributed by atoms with E-state index in [1.54, 1.807) is 0 Å². The first-order valence-corrected chi connectivity index (χ1v) is 7.46. The number of pyridine rings is 1. The number of nitrogen functional groups attached to an aromatic ring is 1. The van der Waals surface area contributed by atoms with Crippen molar-refractivity contribution in [2.75, 3.05) is 30.3 Å². The minimum Gasteiger partial charge on any atom is -0.476 e. The molecular formula is C15H23N3O2. The Hall–Kier alpha value is -1.49. The summed E-state index contributed by atoms with van der Waals surface area (Å²) in [6.07, 6.45) is 3.24. The highest BCUT2D eigenvalue weighted by molar-refractivity contribution is 5.55. The fourth-order valence-electron chi connectivity index (χ4n) is 2.60. The van der Waals surface area contributed by atoms with Gasteiger partial charge in [0.15, 0.2) is 0 Å². The van der Waals surface area contributed by atoms with Gasteiger partial charge in [-0.25, -0.2) is 0 Å². The zero-order valence-electron chi connectivity index (χ0n) is 12.0. The van der Waals surface area contributed by atoms with Crippen molar-refractivity contribution >= 4 is 11.5 Å². The van der Waals surface area contributed by atoms with Crippen LogP contribution in [0.3, 0.4) is 0 Å². The third kappa shape index (κ3) is 2.98. The van der Waals surface area contributed by atoms with Crippen LogP contribution in [0, 0.1) is 11.8 Å². The van der Waals surface area contributed by atoms with Crippen molar-refractivity contribution in [3.05, 3.63) is 12.1 Å². The molecule has 3 N–H and O–H groups in total. The molecule has 1 aliphatic heterocycles. The van der Waals surface area contributed by atoms with Gasteiger partial charge in [-0.05, 0) is 44.2 Å². The van der Waals surface area contributed by atoms with Crippen LogP contribution in [0.25, 0.3) is 0 Å². The number of aliphatic hydroxyl groups excluding tert-OH is 1. The van der Waals surface area contributed by atoms with E-state index in [1.165, 1.54) is 12.8 Å².